The lowest BCUT2D eigenvalue weighted by atomic mass is 10.0. The van der Waals surface area contributed by atoms with E-state index in [0.29, 0.717) is 23.8 Å². The molecule has 0 spiro atoms. The van der Waals surface area contributed by atoms with Crippen LogP contribution >= 0.6 is 0 Å². The van der Waals surface area contributed by atoms with Gasteiger partial charge in [0.25, 0.3) is 11.6 Å². The largest absolute Gasteiger partial charge is 0.497 e. The molecule has 0 bridgehead atoms. The number of methoxy groups -OCH3 is 3. The molecule has 1 aliphatic heterocycles. The van der Waals surface area contributed by atoms with Crippen LogP contribution in [0.3, 0.4) is 0 Å². The molecule has 160 valence electrons. The predicted octanol–water partition coefficient (Wildman–Crippen LogP) is 3.36. The summed E-state index contributed by atoms with van der Waals surface area (Å²) in [6.07, 6.45) is 1.63. The van der Waals surface area contributed by atoms with Gasteiger partial charge in [-0.2, -0.15) is 0 Å². The molecule has 9 heteroatoms. The smallest absolute Gasteiger partial charge is 0.273 e. The Hall–Kier alpha value is -3.49. The minimum absolute atomic E-state index is 0.140. The molecule has 1 saturated heterocycles. The van der Waals surface area contributed by atoms with Crippen molar-refractivity contribution in [2.45, 2.75) is 18.9 Å². The summed E-state index contributed by atoms with van der Waals surface area (Å²) in [4.78, 5) is 25.2. The second-order valence-electron chi connectivity index (χ2n) is 6.73. The SMILES string of the molecule is COc1ccc(OC)c([C@H]2CCCN2C(=O)COc2cc([N+](=O)[O-])ccc2OC)c1. The summed E-state index contributed by atoms with van der Waals surface area (Å²) in [5, 5.41) is 11.0. The van der Waals surface area contributed by atoms with E-state index in [1.807, 2.05) is 12.1 Å². The van der Waals surface area contributed by atoms with E-state index in [4.69, 9.17) is 18.9 Å². The maximum atomic E-state index is 12.9. The highest BCUT2D eigenvalue weighted by Gasteiger charge is 2.32. The first-order valence-electron chi connectivity index (χ1n) is 9.45. The molecule has 0 aromatic heterocycles. The fourth-order valence-electron chi connectivity index (χ4n) is 3.60. The van der Waals surface area contributed by atoms with Crippen molar-refractivity contribution < 1.29 is 28.7 Å². The molecule has 0 N–H and O–H groups in total. The molecule has 3 rings (SSSR count). The van der Waals surface area contributed by atoms with Crippen LogP contribution in [0.1, 0.15) is 24.4 Å². The van der Waals surface area contributed by atoms with Gasteiger partial charge in [-0.05, 0) is 37.1 Å². The Morgan fingerprint density at radius 3 is 2.47 bits per heavy atom. The number of nitro groups is 1. The van der Waals surface area contributed by atoms with Crippen molar-refractivity contribution in [2.24, 2.45) is 0 Å². The van der Waals surface area contributed by atoms with Crippen LogP contribution in [0.25, 0.3) is 0 Å². The molecule has 0 unspecified atom stereocenters. The number of nitro benzene ring substituents is 1. The Kier molecular flexibility index (Phi) is 6.61. The lowest BCUT2D eigenvalue weighted by Crippen LogP contribution is -2.34. The molecule has 30 heavy (non-hydrogen) atoms. The van der Waals surface area contributed by atoms with Crippen molar-refractivity contribution >= 4 is 11.6 Å². The van der Waals surface area contributed by atoms with E-state index in [0.717, 1.165) is 18.4 Å². The molecule has 1 heterocycles. The molecule has 0 saturated carbocycles. The van der Waals surface area contributed by atoms with Gasteiger partial charge in [0.2, 0.25) is 0 Å². The monoisotopic (exact) mass is 416 g/mol. The van der Waals surface area contributed by atoms with Gasteiger partial charge in [-0.1, -0.05) is 0 Å². The molecule has 0 radical (unpaired) electrons. The van der Waals surface area contributed by atoms with E-state index in [2.05, 4.69) is 0 Å². The summed E-state index contributed by atoms with van der Waals surface area (Å²) in [6, 6.07) is 9.34. The molecule has 1 aliphatic rings. The second-order valence-corrected chi connectivity index (χ2v) is 6.73. The number of likely N-dealkylation sites (tertiary alicyclic amines) is 1. The lowest BCUT2D eigenvalue weighted by Gasteiger charge is -2.26. The molecular formula is C21H24N2O7. The van der Waals surface area contributed by atoms with Crippen molar-refractivity contribution in [3.8, 4) is 23.0 Å². The fourth-order valence-corrected chi connectivity index (χ4v) is 3.60. The van der Waals surface area contributed by atoms with Crippen LogP contribution in [0.4, 0.5) is 5.69 Å². The van der Waals surface area contributed by atoms with Crippen molar-refractivity contribution in [1.82, 2.24) is 4.90 Å². The molecule has 1 fully saturated rings. The normalized spacial score (nSPS) is 15.6. The van der Waals surface area contributed by atoms with Gasteiger partial charge in [-0.3, -0.25) is 14.9 Å². The third-order valence-electron chi connectivity index (χ3n) is 5.08. The Labute approximate surface area is 174 Å². The van der Waals surface area contributed by atoms with Crippen LogP contribution in [0.2, 0.25) is 0 Å². The zero-order valence-electron chi connectivity index (χ0n) is 17.1. The van der Waals surface area contributed by atoms with Crippen molar-refractivity contribution in [1.29, 1.82) is 0 Å². The summed E-state index contributed by atoms with van der Waals surface area (Å²) in [7, 11) is 4.61. The van der Waals surface area contributed by atoms with E-state index < -0.39 is 4.92 Å². The van der Waals surface area contributed by atoms with Crippen LogP contribution in [-0.2, 0) is 4.79 Å². The molecule has 2 aromatic carbocycles. The fraction of sp³-hybridized carbons (Fsp3) is 0.381. The van der Waals surface area contributed by atoms with Gasteiger partial charge in [-0.25, -0.2) is 0 Å². The van der Waals surface area contributed by atoms with Gasteiger partial charge in [0, 0.05) is 18.2 Å². The molecule has 1 amide bonds. The minimum Gasteiger partial charge on any atom is -0.497 e. The Bertz CT molecular complexity index is 932. The van der Waals surface area contributed by atoms with Gasteiger partial charge in [0.15, 0.2) is 18.1 Å². The van der Waals surface area contributed by atoms with Crippen molar-refractivity contribution in [2.75, 3.05) is 34.5 Å². The summed E-state index contributed by atoms with van der Waals surface area (Å²) >= 11 is 0. The molecule has 1 atom stereocenters. The highest BCUT2D eigenvalue weighted by Crippen LogP contribution is 2.39. The number of carbonyl (C=O) groups excluding carboxylic acids is 1. The minimum atomic E-state index is -0.528. The molecular weight excluding hydrogens is 392 g/mol. The number of hydrogen-bond donors (Lipinski definition) is 0. The number of non-ortho nitro benzene ring substituents is 1. The maximum absolute atomic E-state index is 12.9. The van der Waals surface area contributed by atoms with Gasteiger partial charge in [0.1, 0.15) is 11.5 Å². The number of carbonyl (C=O) groups is 1. The Morgan fingerprint density at radius 1 is 1.07 bits per heavy atom. The number of nitrogens with zero attached hydrogens (tertiary/aromatic N) is 2. The van der Waals surface area contributed by atoms with Crippen LogP contribution in [-0.4, -0.2) is 50.2 Å². The van der Waals surface area contributed by atoms with Crippen LogP contribution in [0.15, 0.2) is 36.4 Å². The number of amides is 1. The van der Waals surface area contributed by atoms with E-state index in [1.165, 1.54) is 25.3 Å². The highest BCUT2D eigenvalue weighted by molar-refractivity contribution is 5.79. The molecule has 2 aromatic rings. The van der Waals surface area contributed by atoms with Gasteiger partial charge in [-0.15, -0.1) is 0 Å². The average Bonchev–Trinajstić information content (AvgIpc) is 3.26. The quantitative estimate of drug-likeness (QED) is 0.480. The number of hydrogen-bond acceptors (Lipinski definition) is 7. The van der Waals surface area contributed by atoms with E-state index in [1.54, 1.807) is 25.2 Å². The summed E-state index contributed by atoms with van der Waals surface area (Å²) in [5.41, 5.74) is 0.731. The highest BCUT2D eigenvalue weighted by atomic mass is 16.6. The maximum Gasteiger partial charge on any atom is 0.273 e. The first-order valence-corrected chi connectivity index (χ1v) is 9.45. The van der Waals surface area contributed by atoms with Crippen LogP contribution < -0.4 is 18.9 Å². The Morgan fingerprint density at radius 2 is 1.80 bits per heavy atom. The third kappa shape index (κ3) is 4.40. The third-order valence-corrected chi connectivity index (χ3v) is 5.08. The first kappa shape index (κ1) is 21.2. The van der Waals surface area contributed by atoms with Gasteiger partial charge in [0.05, 0.1) is 38.4 Å². The van der Waals surface area contributed by atoms with Gasteiger partial charge >= 0.3 is 0 Å². The standard InChI is InChI=1S/C21H24N2O7/c1-27-15-7-9-18(28-2)16(12-15)17-5-4-10-22(17)21(24)13-30-20-11-14(23(25)26)6-8-19(20)29-3/h6-9,11-12,17H,4-5,10,13H2,1-3H3/t17-/m1/s1. The first-order chi connectivity index (χ1) is 14.5. The Balaban J connectivity index is 1.78. The summed E-state index contributed by atoms with van der Waals surface area (Å²) in [6.45, 7) is 0.319. The number of rotatable bonds is 8. The number of benzene rings is 2. The average molecular weight is 416 g/mol. The van der Waals surface area contributed by atoms with E-state index >= 15 is 0 Å². The summed E-state index contributed by atoms with van der Waals surface area (Å²) in [5.74, 6) is 1.61. The predicted molar refractivity (Wildman–Crippen MR) is 108 cm³/mol. The molecule has 9 nitrogen and oxygen atoms in total. The van der Waals surface area contributed by atoms with Crippen molar-refractivity contribution in [3.63, 3.8) is 0 Å². The van der Waals surface area contributed by atoms with E-state index in [-0.39, 0.29) is 30.0 Å². The van der Waals surface area contributed by atoms with E-state index in [9.17, 15) is 14.9 Å². The van der Waals surface area contributed by atoms with Crippen LogP contribution in [0, 0.1) is 10.1 Å². The zero-order valence-corrected chi connectivity index (χ0v) is 17.1. The summed E-state index contributed by atoms with van der Waals surface area (Å²) < 4.78 is 21.6. The molecule has 0 aliphatic carbocycles. The topological polar surface area (TPSA) is 100 Å². The lowest BCUT2D eigenvalue weighted by molar-refractivity contribution is -0.385. The van der Waals surface area contributed by atoms with Crippen molar-refractivity contribution in [3.05, 3.63) is 52.1 Å². The van der Waals surface area contributed by atoms with Gasteiger partial charge < -0.3 is 23.8 Å². The number of ether oxygens (including phenoxy) is 4. The van der Waals surface area contributed by atoms with Crippen LogP contribution in [0.5, 0.6) is 23.0 Å². The zero-order chi connectivity index (χ0) is 21.7. The second kappa shape index (κ2) is 9.34.